The lowest BCUT2D eigenvalue weighted by molar-refractivity contribution is -0.125. The molecule has 1 aliphatic rings. The zero-order valence-electron chi connectivity index (χ0n) is 21.1. The van der Waals surface area contributed by atoms with Crippen LogP contribution in [0, 0.1) is 0 Å². The van der Waals surface area contributed by atoms with Gasteiger partial charge >= 0.3 is 0 Å². The number of hydrogen-bond acceptors (Lipinski definition) is 10. The number of rotatable bonds is 10. The van der Waals surface area contributed by atoms with Crippen LogP contribution in [0.2, 0.25) is 0 Å². The van der Waals surface area contributed by atoms with Gasteiger partial charge in [-0.3, -0.25) is 9.36 Å². The number of carbonyl (C=O) groups is 1. The zero-order chi connectivity index (χ0) is 25.8. The lowest BCUT2D eigenvalue weighted by atomic mass is 10.0. The second-order valence-electron chi connectivity index (χ2n) is 8.85. The summed E-state index contributed by atoms with van der Waals surface area (Å²) in [6.07, 6.45) is 1.09. The second kappa shape index (κ2) is 11.2. The number of anilines is 1. The Hall–Kier alpha value is -3.32. The van der Waals surface area contributed by atoms with E-state index in [2.05, 4.69) is 25.6 Å². The second-order valence-corrected chi connectivity index (χ2v) is 8.85. The molecule has 0 aliphatic carbocycles. The van der Waals surface area contributed by atoms with Crippen molar-refractivity contribution in [3.05, 3.63) is 42.5 Å². The summed E-state index contributed by atoms with van der Waals surface area (Å²) in [6.45, 7) is 0.163. The minimum absolute atomic E-state index is 0.163. The molecule has 0 saturated carbocycles. The zero-order valence-corrected chi connectivity index (χ0v) is 21.1. The number of likely N-dealkylation sites (N-methyl/N-ethyl adjacent to an activating group) is 1. The predicted octanol–water partition coefficient (Wildman–Crippen LogP) is 0.121. The summed E-state index contributed by atoms with van der Waals surface area (Å²) in [4.78, 5) is 28.4. The molecule has 1 aromatic carbocycles. The Bertz CT molecular complexity index is 1170. The molecule has 12 heteroatoms. The van der Waals surface area contributed by atoms with Crippen LogP contribution in [0.5, 0.6) is 5.75 Å². The normalized spacial score (nSPS) is 22.5. The van der Waals surface area contributed by atoms with Gasteiger partial charge in [0.2, 0.25) is 5.91 Å². The van der Waals surface area contributed by atoms with E-state index < -0.39 is 30.5 Å². The van der Waals surface area contributed by atoms with Crippen LogP contribution in [-0.4, -0.2) is 96.8 Å². The maximum absolute atomic E-state index is 13.3. The Morgan fingerprint density at radius 3 is 2.61 bits per heavy atom. The maximum Gasteiger partial charge on any atom is 0.237 e. The Labute approximate surface area is 209 Å². The van der Waals surface area contributed by atoms with Gasteiger partial charge in [0, 0.05) is 21.2 Å². The van der Waals surface area contributed by atoms with Crippen LogP contribution in [0.25, 0.3) is 11.2 Å². The van der Waals surface area contributed by atoms with Gasteiger partial charge in [0.25, 0.3) is 0 Å². The fourth-order valence-corrected chi connectivity index (χ4v) is 4.38. The first-order valence-electron chi connectivity index (χ1n) is 11.7. The number of nitrogens with zero attached hydrogens (tertiary/aromatic N) is 5. The number of imidazole rings is 1. The summed E-state index contributed by atoms with van der Waals surface area (Å²) in [7, 11) is 8.61. The summed E-state index contributed by atoms with van der Waals surface area (Å²) in [5.41, 5.74) is 2.09. The van der Waals surface area contributed by atoms with Crippen LogP contribution in [0.1, 0.15) is 11.8 Å². The number of hydrogen-bond donors (Lipinski definition) is 3. The molecule has 0 spiro atoms. The van der Waals surface area contributed by atoms with Crippen LogP contribution in [0.3, 0.4) is 0 Å². The van der Waals surface area contributed by atoms with E-state index in [1.165, 1.54) is 13.4 Å². The SMILES string of the molecule is CNC(Cc1ccc(OC)cc1)C(=O)NC1C(O)C(COC)OC1n1cnc2c(N(C)C)ncnc21. The Morgan fingerprint density at radius 1 is 1.22 bits per heavy atom. The molecule has 1 aliphatic heterocycles. The van der Waals surface area contributed by atoms with Crippen molar-refractivity contribution in [2.75, 3.05) is 46.9 Å². The number of methoxy groups -OCH3 is 2. The molecule has 5 atom stereocenters. The topological polar surface area (TPSA) is 136 Å². The summed E-state index contributed by atoms with van der Waals surface area (Å²) < 4.78 is 18.3. The van der Waals surface area contributed by atoms with E-state index in [-0.39, 0.29) is 12.5 Å². The number of ether oxygens (including phenoxy) is 3. The van der Waals surface area contributed by atoms with E-state index in [9.17, 15) is 9.90 Å². The van der Waals surface area contributed by atoms with Crippen molar-refractivity contribution in [1.82, 2.24) is 30.2 Å². The van der Waals surface area contributed by atoms with E-state index >= 15 is 0 Å². The Morgan fingerprint density at radius 2 is 1.97 bits per heavy atom. The third-order valence-electron chi connectivity index (χ3n) is 6.31. The molecule has 3 aromatic rings. The van der Waals surface area contributed by atoms with Crippen molar-refractivity contribution in [3.63, 3.8) is 0 Å². The van der Waals surface area contributed by atoms with E-state index in [4.69, 9.17) is 14.2 Å². The van der Waals surface area contributed by atoms with E-state index in [0.717, 1.165) is 11.3 Å². The van der Waals surface area contributed by atoms with E-state index in [1.54, 1.807) is 25.1 Å². The third-order valence-corrected chi connectivity index (χ3v) is 6.31. The van der Waals surface area contributed by atoms with E-state index in [0.29, 0.717) is 23.4 Å². The minimum atomic E-state index is -1.01. The van der Waals surface area contributed by atoms with Gasteiger partial charge in [0.05, 0.1) is 26.1 Å². The van der Waals surface area contributed by atoms with Gasteiger partial charge in [-0.2, -0.15) is 0 Å². The number of fused-ring (bicyclic) bond motifs is 1. The summed E-state index contributed by atoms with van der Waals surface area (Å²) in [6, 6.07) is 6.25. The third kappa shape index (κ3) is 5.12. The first-order valence-corrected chi connectivity index (χ1v) is 11.7. The quantitative estimate of drug-likeness (QED) is 0.353. The molecule has 1 amide bonds. The smallest absolute Gasteiger partial charge is 0.237 e. The fraction of sp³-hybridized carbons (Fsp3) is 0.500. The molecule has 36 heavy (non-hydrogen) atoms. The monoisotopic (exact) mass is 499 g/mol. The molecule has 1 saturated heterocycles. The number of aliphatic hydroxyl groups is 1. The fourth-order valence-electron chi connectivity index (χ4n) is 4.38. The highest BCUT2D eigenvalue weighted by molar-refractivity contribution is 5.84. The minimum Gasteiger partial charge on any atom is -0.497 e. The van der Waals surface area contributed by atoms with Crippen LogP contribution in [0.15, 0.2) is 36.9 Å². The highest BCUT2D eigenvalue weighted by Gasteiger charge is 2.46. The average molecular weight is 500 g/mol. The van der Waals surface area contributed by atoms with Gasteiger partial charge in [-0.25, -0.2) is 15.0 Å². The van der Waals surface area contributed by atoms with Gasteiger partial charge in [-0.05, 0) is 31.2 Å². The van der Waals surface area contributed by atoms with Gasteiger partial charge in [0.1, 0.15) is 30.3 Å². The van der Waals surface area contributed by atoms with Gasteiger partial charge in [0.15, 0.2) is 23.2 Å². The van der Waals surface area contributed by atoms with E-state index in [1.807, 2.05) is 43.3 Å². The molecule has 3 N–H and O–H groups in total. The standard InChI is InChI=1S/C24H33N7O5/c1-25-16(10-14-6-8-15(35-5)9-7-14)23(33)29-18-20(32)17(11-34-4)36-24(18)31-13-28-19-21(30(2)3)26-12-27-22(19)31/h6-9,12-13,16-18,20,24-25,32H,10-11H2,1-5H3,(H,29,33). The number of carbonyl (C=O) groups excluding carboxylic acids is 1. The molecule has 5 unspecified atom stereocenters. The first kappa shape index (κ1) is 25.8. The average Bonchev–Trinajstić information content (AvgIpc) is 3.44. The van der Waals surface area contributed by atoms with Crippen molar-refractivity contribution >= 4 is 22.9 Å². The molecule has 194 valence electrons. The largest absolute Gasteiger partial charge is 0.497 e. The highest BCUT2D eigenvalue weighted by atomic mass is 16.6. The summed E-state index contributed by atoms with van der Waals surface area (Å²) in [5, 5.41) is 17.1. The first-order chi connectivity index (χ1) is 17.4. The lowest BCUT2D eigenvalue weighted by Crippen LogP contribution is -2.53. The highest BCUT2D eigenvalue weighted by Crippen LogP contribution is 2.33. The lowest BCUT2D eigenvalue weighted by Gasteiger charge is -2.25. The summed E-state index contributed by atoms with van der Waals surface area (Å²) in [5.74, 6) is 1.13. The molecule has 2 aromatic heterocycles. The molecule has 1 fully saturated rings. The van der Waals surface area contributed by atoms with Crippen LogP contribution in [-0.2, 0) is 20.7 Å². The maximum atomic E-state index is 13.3. The number of nitrogens with one attached hydrogen (secondary N) is 2. The van der Waals surface area contributed by atoms with Gasteiger partial charge < -0.3 is 34.9 Å². The molecule has 12 nitrogen and oxygen atoms in total. The van der Waals surface area contributed by atoms with Crippen molar-refractivity contribution in [2.45, 2.75) is 36.9 Å². The molecule has 3 heterocycles. The number of aliphatic hydroxyl groups excluding tert-OH is 1. The van der Waals surface area contributed by atoms with Crippen LogP contribution >= 0.6 is 0 Å². The van der Waals surface area contributed by atoms with Crippen molar-refractivity contribution in [1.29, 1.82) is 0 Å². The number of amides is 1. The van der Waals surface area contributed by atoms with Crippen molar-refractivity contribution in [2.24, 2.45) is 0 Å². The Balaban J connectivity index is 1.59. The van der Waals surface area contributed by atoms with Gasteiger partial charge in [-0.1, -0.05) is 12.1 Å². The molecule has 0 radical (unpaired) electrons. The van der Waals surface area contributed by atoms with Crippen molar-refractivity contribution in [3.8, 4) is 5.75 Å². The predicted molar refractivity (Wildman–Crippen MR) is 133 cm³/mol. The molecular weight excluding hydrogens is 466 g/mol. The number of benzene rings is 1. The van der Waals surface area contributed by atoms with Crippen LogP contribution < -0.4 is 20.3 Å². The Kier molecular flexibility index (Phi) is 7.99. The van der Waals surface area contributed by atoms with Crippen molar-refractivity contribution < 1.29 is 24.1 Å². The molecule has 0 bridgehead atoms. The number of aromatic nitrogens is 4. The van der Waals surface area contributed by atoms with Crippen LogP contribution in [0.4, 0.5) is 5.82 Å². The summed E-state index contributed by atoms with van der Waals surface area (Å²) >= 11 is 0. The van der Waals surface area contributed by atoms with Gasteiger partial charge in [-0.15, -0.1) is 0 Å². The molecular formula is C24H33N7O5. The molecule has 4 rings (SSSR count).